The van der Waals surface area contributed by atoms with Crippen LogP contribution in [-0.4, -0.2) is 11.0 Å². The molecule has 2 aromatic rings. The number of carbonyl (C=O) groups is 1. The average molecular weight is 263 g/mol. The number of halogens is 2. The van der Waals surface area contributed by atoms with Crippen molar-refractivity contribution in [3.05, 3.63) is 59.7 Å². The van der Waals surface area contributed by atoms with E-state index in [1.54, 1.807) is 12.1 Å². The molecular weight excluding hydrogens is 252 g/mol. The fourth-order valence-electron chi connectivity index (χ4n) is 1.58. The average Bonchev–Trinajstić information content (AvgIpc) is 2.36. The maximum Gasteiger partial charge on any atom is 0.228 e. The van der Waals surface area contributed by atoms with E-state index in [1.807, 2.05) is 0 Å². The van der Waals surface area contributed by atoms with Crippen molar-refractivity contribution < 1.29 is 18.7 Å². The van der Waals surface area contributed by atoms with Crippen LogP contribution in [0.2, 0.25) is 0 Å². The number of anilines is 1. The highest BCUT2D eigenvalue weighted by Gasteiger charge is 2.08. The summed E-state index contributed by atoms with van der Waals surface area (Å²) >= 11 is 0. The van der Waals surface area contributed by atoms with Crippen molar-refractivity contribution in [2.24, 2.45) is 0 Å². The molecule has 0 saturated carbocycles. The van der Waals surface area contributed by atoms with E-state index in [0.29, 0.717) is 11.6 Å². The Morgan fingerprint density at radius 1 is 1.11 bits per heavy atom. The number of phenolic OH excluding ortho intramolecular Hbond substituents is 1. The molecule has 0 aliphatic carbocycles. The summed E-state index contributed by atoms with van der Waals surface area (Å²) in [5.74, 6) is -1.84. The Hall–Kier alpha value is -2.43. The molecule has 0 heterocycles. The molecule has 5 heteroatoms. The topological polar surface area (TPSA) is 49.3 Å². The van der Waals surface area contributed by atoms with Crippen molar-refractivity contribution in [2.75, 3.05) is 5.32 Å². The zero-order valence-electron chi connectivity index (χ0n) is 9.86. The van der Waals surface area contributed by atoms with Crippen LogP contribution in [0.4, 0.5) is 14.5 Å². The van der Waals surface area contributed by atoms with Gasteiger partial charge in [-0.25, -0.2) is 8.78 Å². The van der Waals surface area contributed by atoms with E-state index in [0.717, 1.165) is 6.07 Å². The van der Waals surface area contributed by atoms with Gasteiger partial charge in [0.1, 0.15) is 17.4 Å². The van der Waals surface area contributed by atoms with E-state index in [4.69, 9.17) is 5.11 Å². The molecule has 0 radical (unpaired) electrons. The molecule has 0 fully saturated rings. The minimum absolute atomic E-state index is 0.0388. The Balaban J connectivity index is 2.03. The largest absolute Gasteiger partial charge is 0.508 e. The molecule has 19 heavy (non-hydrogen) atoms. The van der Waals surface area contributed by atoms with Gasteiger partial charge in [-0.2, -0.15) is 0 Å². The van der Waals surface area contributed by atoms with E-state index in [2.05, 4.69) is 5.32 Å². The Morgan fingerprint density at radius 3 is 2.42 bits per heavy atom. The lowest BCUT2D eigenvalue weighted by Crippen LogP contribution is -2.15. The highest BCUT2D eigenvalue weighted by atomic mass is 19.1. The van der Waals surface area contributed by atoms with Gasteiger partial charge in [0.05, 0.1) is 12.1 Å². The number of aromatic hydroxyl groups is 1. The van der Waals surface area contributed by atoms with Crippen LogP contribution >= 0.6 is 0 Å². The van der Waals surface area contributed by atoms with Gasteiger partial charge in [0.25, 0.3) is 0 Å². The summed E-state index contributed by atoms with van der Waals surface area (Å²) in [6, 6.07) is 9.04. The van der Waals surface area contributed by atoms with Crippen molar-refractivity contribution in [3.8, 4) is 5.75 Å². The SMILES string of the molecule is O=C(Cc1ccc(O)cc1)Nc1ccc(F)cc1F. The Labute approximate surface area is 108 Å². The molecule has 0 aliphatic rings. The normalized spacial score (nSPS) is 10.2. The summed E-state index contributed by atoms with van der Waals surface area (Å²) in [5, 5.41) is 11.5. The molecule has 1 amide bonds. The molecule has 2 rings (SSSR count). The second-order valence-electron chi connectivity index (χ2n) is 4.02. The van der Waals surface area contributed by atoms with Gasteiger partial charge in [-0.3, -0.25) is 4.79 Å². The molecule has 0 aliphatic heterocycles. The van der Waals surface area contributed by atoms with Crippen LogP contribution in [0.3, 0.4) is 0 Å². The van der Waals surface area contributed by atoms with E-state index < -0.39 is 17.5 Å². The van der Waals surface area contributed by atoms with Gasteiger partial charge in [-0.1, -0.05) is 12.1 Å². The lowest BCUT2D eigenvalue weighted by molar-refractivity contribution is -0.115. The first-order valence-electron chi connectivity index (χ1n) is 5.57. The first-order valence-corrected chi connectivity index (χ1v) is 5.57. The predicted molar refractivity (Wildman–Crippen MR) is 66.8 cm³/mol. The smallest absolute Gasteiger partial charge is 0.228 e. The molecule has 98 valence electrons. The fraction of sp³-hybridized carbons (Fsp3) is 0.0714. The van der Waals surface area contributed by atoms with Crippen LogP contribution in [-0.2, 0) is 11.2 Å². The first kappa shape index (κ1) is 13.0. The fourth-order valence-corrected chi connectivity index (χ4v) is 1.58. The molecule has 2 N–H and O–H groups in total. The maximum atomic E-state index is 13.3. The number of benzene rings is 2. The third-order valence-corrected chi connectivity index (χ3v) is 2.51. The van der Waals surface area contributed by atoms with Crippen LogP contribution in [0.5, 0.6) is 5.75 Å². The van der Waals surface area contributed by atoms with Crippen LogP contribution in [0.1, 0.15) is 5.56 Å². The summed E-state index contributed by atoms with van der Waals surface area (Å²) in [6.45, 7) is 0. The Bertz CT molecular complexity index is 597. The summed E-state index contributed by atoms with van der Waals surface area (Å²) in [5.41, 5.74) is 0.614. The molecule has 0 spiro atoms. The number of hydrogen-bond donors (Lipinski definition) is 2. The van der Waals surface area contributed by atoms with Gasteiger partial charge < -0.3 is 10.4 Å². The highest BCUT2D eigenvalue weighted by Crippen LogP contribution is 2.16. The second-order valence-corrected chi connectivity index (χ2v) is 4.02. The minimum Gasteiger partial charge on any atom is -0.508 e. The summed E-state index contributed by atoms with van der Waals surface area (Å²) in [7, 11) is 0. The Morgan fingerprint density at radius 2 is 1.79 bits per heavy atom. The van der Waals surface area contributed by atoms with Gasteiger partial charge in [-0.05, 0) is 29.8 Å². The lowest BCUT2D eigenvalue weighted by Gasteiger charge is -2.06. The molecule has 0 unspecified atom stereocenters. The number of phenols is 1. The van der Waals surface area contributed by atoms with Gasteiger partial charge in [0.15, 0.2) is 0 Å². The first-order chi connectivity index (χ1) is 9.04. The highest BCUT2D eigenvalue weighted by molar-refractivity contribution is 5.92. The third kappa shape index (κ3) is 3.51. The molecule has 0 bridgehead atoms. The number of rotatable bonds is 3. The van der Waals surface area contributed by atoms with Crippen LogP contribution in [0.15, 0.2) is 42.5 Å². The van der Waals surface area contributed by atoms with Crippen molar-refractivity contribution in [1.29, 1.82) is 0 Å². The summed E-state index contributed by atoms with van der Waals surface area (Å²) in [4.78, 5) is 11.7. The zero-order chi connectivity index (χ0) is 13.8. The summed E-state index contributed by atoms with van der Waals surface area (Å²) < 4.78 is 26.0. The number of carbonyl (C=O) groups excluding carboxylic acids is 1. The maximum absolute atomic E-state index is 13.3. The molecule has 2 aromatic carbocycles. The van der Waals surface area contributed by atoms with Crippen LogP contribution in [0.25, 0.3) is 0 Å². The molecule has 0 atom stereocenters. The van der Waals surface area contributed by atoms with Crippen LogP contribution < -0.4 is 5.32 Å². The van der Waals surface area contributed by atoms with E-state index in [9.17, 15) is 13.6 Å². The van der Waals surface area contributed by atoms with Crippen LogP contribution in [0, 0.1) is 11.6 Å². The summed E-state index contributed by atoms with van der Waals surface area (Å²) in [6.07, 6.45) is 0.0388. The number of amides is 1. The number of hydrogen-bond acceptors (Lipinski definition) is 2. The van der Waals surface area contributed by atoms with E-state index >= 15 is 0 Å². The van der Waals surface area contributed by atoms with E-state index in [1.165, 1.54) is 18.2 Å². The monoisotopic (exact) mass is 263 g/mol. The Kier molecular flexibility index (Phi) is 3.75. The van der Waals surface area contributed by atoms with Crippen molar-refractivity contribution in [1.82, 2.24) is 0 Å². The molecule has 0 aromatic heterocycles. The molecular formula is C14H11F2NO2. The predicted octanol–water partition coefficient (Wildman–Crippen LogP) is 2.85. The third-order valence-electron chi connectivity index (χ3n) is 2.51. The van der Waals surface area contributed by atoms with Gasteiger partial charge >= 0.3 is 0 Å². The van der Waals surface area contributed by atoms with Crippen molar-refractivity contribution >= 4 is 11.6 Å². The standard InChI is InChI=1S/C14H11F2NO2/c15-10-3-6-13(12(16)8-10)17-14(19)7-9-1-4-11(18)5-2-9/h1-6,8,18H,7H2,(H,17,19). The van der Waals surface area contributed by atoms with Crippen molar-refractivity contribution in [2.45, 2.75) is 6.42 Å². The van der Waals surface area contributed by atoms with Crippen molar-refractivity contribution in [3.63, 3.8) is 0 Å². The lowest BCUT2D eigenvalue weighted by atomic mass is 10.1. The molecule has 3 nitrogen and oxygen atoms in total. The van der Waals surface area contributed by atoms with Gasteiger partial charge in [-0.15, -0.1) is 0 Å². The van der Waals surface area contributed by atoms with Gasteiger partial charge in [0.2, 0.25) is 5.91 Å². The zero-order valence-corrected chi connectivity index (χ0v) is 9.86. The minimum atomic E-state index is -0.820. The second kappa shape index (κ2) is 5.48. The quantitative estimate of drug-likeness (QED) is 0.894. The van der Waals surface area contributed by atoms with Gasteiger partial charge in [0, 0.05) is 6.07 Å². The molecule has 0 saturated heterocycles. The number of nitrogens with one attached hydrogen (secondary N) is 1. The van der Waals surface area contributed by atoms with E-state index in [-0.39, 0.29) is 17.9 Å².